The number of fused-ring (bicyclic) bond motifs is 5. The van der Waals surface area contributed by atoms with E-state index in [0.29, 0.717) is 23.7 Å². The average Bonchev–Trinajstić information content (AvgIpc) is 3.09. The topological polar surface area (TPSA) is 106 Å². The van der Waals surface area contributed by atoms with Crippen LogP contribution < -0.4 is 16.7 Å². The van der Waals surface area contributed by atoms with E-state index in [0.717, 1.165) is 44.2 Å². The summed E-state index contributed by atoms with van der Waals surface area (Å²) in [5.74, 6) is 2.28. The van der Waals surface area contributed by atoms with Crippen molar-refractivity contribution in [2.75, 3.05) is 13.1 Å². The van der Waals surface area contributed by atoms with Gasteiger partial charge in [-0.1, -0.05) is 13.8 Å². The van der Waals surface area contributed by atoms with Crippen molar-refractivity contribution in [1.29, 1.82) is 0 Å². The summed E-state index contributed by atoms with van der Waals surface area (Å²) in [4.78, 5) is 23.1. The molecule has 0 bridgehead atoms. The Morgan fingerprint density at radius 1 is 1.12 bits per heavy atom. The summed E-state index contributed by atoms with van der Waals surface area (Å²) in [6, 6.07) is 3.42. The summed E-state index contributed by atoms with van der Waals surface area (Å²) >= 11 is 0. The van der Waals surface area contributed by atoms with Gasteiger partial charge in [0, 0.05) is 18.0 Å². The first-order chi connectivity index (χ1) is 15.7. The maximum absolute atomic E-state index is 12.3. The van der Waals surface area contributed by atoms with E-state index in [1.54, 1.807) is 6.26 Å². The number of aliphatic hydroxyl groups is 1. The van der Waals surface area contributed by atoms with Gasteiger partial charge in [0.2, 0.25) is 5.91 Å². The molecule has 0 radical (unpaired) electrons. The van der Waals surface area contributed by atoms with Gasteiger partial charge in [-0.25, -0.2) is 4.79 Å². The zero-order valence-electron chi connectivity index (χ0n) is 20.1. The number of hydrogen-bond acceptors (Lipinski definition) is 5. The van der Waals surface area contributed by atoms with E-state index in [-0.39, 0.29) is 34.8 Å². The van der Waals surface area contributed by atoms with Gasteiger partial charge in [0.25, 0.3) is 0 Å². The highest BCUT2D eigenvalue weighted by atomic mass is 16.4. The highest BCUT2D eigenvalue weighted by Crippen LogP contribution is 2.70. The van der Waals surface area contributed by atoms with Gasteiger partial charge in [-0.3, -0.25) is 4.79 Å². The highest BCUT2D eigenvalue weighted by Gasteiger charge is 2.67. The van der Waals surface area contributed by atoms with E-state index in [2.05, 4.69) is 19.2 Å². The minimum Gasteiger partial charge on any atom is -0.431 e. The van der Waals surface area contributed by atoms with Crippen LogP contribution in [0.4, 0.5) is 0 Å². The number of rotatable bonds is 4. The van der Waals surface area contributed by atoms with E-state index in [9.17, 15) is 14.7 Å². The second-order valence-corrected chi connectivity index (χ2v) is 12.0. The van der Waals surface area contributed by atoms with Gasteiger partial charge >= 0.3 is 5.63 Å². The second-order valence-electron chi connectivity index (χ2n) is 12.0. The Kier molecular flexibility index (Phi) is 5.76. The molecular formula is C27H40N2O4. The van der Waals surface area contributed by atoms with Crippen LogP contribution >= 0.6 is 0 Å². The minimum absolute atomic E-state index is 0.0606. The lowest BCUT2D eigenvalue weighted by molar-refractivity contribution is -0.203. The van der Waals surface area contributed by atoms with Crippen LogP contribution in [-0.4, -0.2) is 29.7 Å². The van der Waals surface area contributed by atoms with E-state index >= 15 is 0 Å². The molecule has 182 valence electrons. The van der Waals surface area contributed by atoms with Gasteiger partial charge < -0.3 is 20.6 Å². The van der Waals surface area contributed by atoms with Gasteiger partial charge in [-0.2, -0.15) is 0 Å². The van der Waals surface area contributed by atoms with Crippen molar-refractivity contribution in [1.82, 2.24) is 5.32 Å². The molecule has 33 heavy (non-hydrogen) atoms. The van der Waals surface area contributed by atoms with Crippen LogP contribution in [0.2, 0.25) is 0 Å². The molecule has 6 heteroatoms. The summed E-state index contributed by atoms with van der Waals surface area (Å²) in [5.41, 5.74) is 5.63. The van der Waals surface area contributed by atoms with Crippen LogP contribution in [-0.2, 0) is 4.79 Å². The standard InChI is InChI=1S/C27H40N2O4/c1-25-10-7-17(15-29-23(30)14-28)13-19(25)4-5-22-21(25)8-11-26(2)20(9-12-27(22,26)32)18-3-6-24(31)33-16-18/h3,6,16-17,19-22,32H,4-5,7-15,28H2,1-2H3,(H,29,30)/t17?,19-,20-,21+,22-,25+,26-,27+/m1/s1. The van der Waals surface area contributed by atoms with Crippen LogP contribution in [0.15, 0.2) is 27.6 Å². The van der Waals surface area contributed by atoms with Gasteiger partial charge in [-0.05, 0) is 104 Å². The van der Waals surface area contributed by atoms with Crippen molar-refractivity contribution in [2.45, 2.75) is 83.2 Å². The van der Waals surface area contributed by atoms with Gasteiger partial charge in [0.15, 0.2) is 0 Å². The van der Waals surface area contributed by atoms with Crippen molar-refractivity contribution >= 4 is 5.91 Å². The first-order valence-corrected chi connectivity index (χ1v) is 13.0. The number of carbonyl (C=O) groups is 1. The third kappa shape index (κ3) is 3.51. The van der Waals surface area contributed by atoms with Gasteiger partial charge in [0.1, 0.15) is 0 Å². The van der Waals surface area contributed by atoms with Crippen molar-refractivity contribution in [3.63, 3.8) is 0 Å². The van der Waals surface area contributed by atoms with Crippen molar-refractivity contribution in [3.8, 4) is 0 Å². The largest absolute Gasteiger partial charge is 0.431 e. The molecule has 6 nitrogen and oxygen atoms in total. The van der Waals surface area contributed by atoms with Crippen molar-refractivity contribution in [3.05, 3.63) is 34.4 Å². The second kappa shape index (κ2) is 8.23. The van der Waals surface area contributed by atoms with E-state index in [4.69, 9.17) is 10.2 Å². The molecule has 1 aromatic heterocycles. The maximum atomic E-state index is 12.3. The number of amides is 1. The molecule has 1 aromatic rings. The Bertz CT molecular complexity index is 941. The Labute approximate surface area is 196 Å². The summed E-state index contributed by atoms with van der Waals surface area (Å²) in [7, 11) is 0. The zero-order chi connectivity index (χ0) is 23.4. The fourth-order valence-electron chi connectivity index (χ4n) is 8.93. The third-order valence-electron chi connectivity index (χ3n) is 10.9. The first-order valence-electron chi connectivity index (χ1n) is 13.0. The molecule has 1 amide bonds. The predicted molar refractivity (Wildman–Crippen MR) is 126 cm³/mol. The average molecular weight is 457 g/mol. The summed E-state index contributed by atoms with van der Waals surface area (Å²) in [6.07, 6.45) is 11.4. The lowest BCUT2D eigenvalue weighted by Crippen LogP contribution is -2.62. The summed E-state index contributed by atoms with van der Waals surface area (Å²) in [5, 5.41) is 15.3. The monoisotopic (exact) mass is 456 g/mol. The molecule has 5 rings (SSSR count). The molecule has 1 unspecified atom stereocenters. The van der Waals surface area contributed by atoms with Crippen LogP contribution in [0, 0.1) is 34.5 Å². The van der Waals surface area contributed by atoms with Crippen LogP contribution in [0.1, 0.15) is 83.1 Å². The molecule has 8 atom stereocenters. The summed E-state index contributed by atoms with van der Waals surface area (Å²) < 4.78 is 5.20. The number of nitrogens with two attached hydrogens (primary N) is 1. The minimum atomic E-state index is -0.656. The molecule has 4 aliphatic rings. The van der Waals surface area contributed by atoms with Gasteiger partial charge in [0.05, 0.1) is 18.4 Å². The SMILES string of the molecule is C[C@]12CCC(CNC(=O)CN)C[C@H]1CC[C@@H]1[C@@H]2CC[C@]2(C)[C@@H](c3ccc(=O)oc3)CC[C@]12O. The fourth-order valence-corrected chi connectivity index (χ4v) is 8.93. The van der Waals surface area contributed by atoms with Gasteiger partial charge in [-0.15, -0.1) is 0 Å². The van der Waals surface area contributed by atoms with Crippen LogP contribution in [0.5, 0.6) is 0 Å². The summed E-state index contributed by atoms with van der Waals surface area (Å²) in [6.45, 7) is 5.59. The number of nitrogens with one attached hydrogen (secondary N) is 1. The van der Waals surface area contributed by atoms with Crippen molar-refractivity contribution in [2.24, 2.45) is 40.2 Å². The van der Waals surface area contributed by atoms with Crippen LogP contribution in [0.3, 0.4) is 0 Å². The molecule has 0 aliphatic heterocycles. The molecule has 4 fully saturated rings. The molecule has 4 aliphatic carbocycles. The Balaban J connectivity index is 1.35. The fraction of sp³-hybridized carbons (Fsp3) is 0.778. The molecule has 4 saturated carbocycles. The molecule has 0 aromatic carbocycles. The van der Waals surface area contributed by atoms with E-state index in [1.165, 1.54) is 31.7 Å². The highest BCUT2D eigenvalue weighted by molar-refractivity contribution is 5.77. The molecule has 1 heterocycles. The first kappa shape index (κ1) is 23.1. The maximum Gasteiger partial charge on any atom is 0.335 e. The normalized spacial score (nSPS) is 44.4. The Hall–Kier alpha value is -1.66. The van der Waals surface area contributed by atoms with Crippen LogP contribution in [0.25, 0.3) is 0 Å². The Morgan fingerprint density at radius 3 is 2.67 bits per heavy atom. The predicted octanol–water partition coefficient (Wildman–Crippen LogP) is 3.57. The lowest BCUT2D eigenvalue weighted by Gasteiger charge is -2.64. The smallest absolute Gasteiger partial charge is 0.335 e. The third-order valence-corrected chi connectivity index (χ3v) is 10.9. The molecule has 4 N–H and O–H groups in total. The van der Waals surface area contributed by atoms with Crippen molar-refractivity contribution < 1.29 is 14.3 Å². The van der Waals surface area contributed by atoms with E-state index < -0.39 is 5.60 Å². The molecule has 0 saturated heterocycles. The molecular weight excluding hydrogens is 416 g/mol. The quantitative estimate of drug-likeness (QED) is 0.642. The number of carbonyl (C=O) groups excluding carboxylic acids is 1. The van der Waals surface area contributed by atoms with E-state index in [1.807, 2.05) is 6.07 Å². The lowest BCUT2D eigenvalue weighted by atomic mass is 9.43. The zero-order valence-corrected chi connectivity index (χ0v) is 20.1. The Morgan fingerprint density at radius 2 is 1.94 bits per heavy atom. The number of hydrogen-bond donors (Lipinski definition) is 3. The molecule has 0 spiro atoms.